The van der Waals surface area contributed by atoms with Gasteiger partial charge in [0.1, 0.15) is 0 Å². The van der Waals surface area contributed by atoms with Crippen molar-refractivity contribution in [3.05, 3.63) is 27.5 Å². The minimum absolute atomic E-state index is 0. The third-order valence-electron chi connectivity index (χ3n) is 0.714. The zero-order chi connectivity index (χ0) is 6.85. The van der Waals surface area contributed by atoms with E-state index in [2.05, 4.69) is 11.1 Å². The molecule has 0 atom stereocenters. The van der Waals surface area contributed by atoms with Gasteiger partial charge in [-0.15, -0.1) is 16.6 Å². The molecule has 1 rings (SSSR count). The van der Waals surface area contributed by atoms with E-state index in [1.807, 2.05) is 0 Å². The fourth-order valence-corrected chi connectivity index (χ4v) is 0.779. The first-order valence-electron chi connectivity index (χ1n) is 2.09. The Kier molecular flexibility index (Phi) is 4.76. The molecule has 0 saturated heterocycles. The second kappa shape index (κ2) is 4.49. The summed E-state index contributed by atoms with van der Waals surface area (Å²) in [6.07, 6.45) is 1.38. The first-order chi connectivity index (χ1) is 4.20. The van der Waals surface area contributed by atoms with Crippen LogP contribution in [0.3, 0.4) is 0 Å². The standard InChI is InChI=1S/C5HCl3N.Li/c6-3-1-5(8)9-2-4(3)7;/h2H;/q-1;+1. The minimum atomic E-state index is 0. The number of hydrogen-bond acceptors (Lipinski definition) is 1. The van der Waals surface area contributed by atoms with Crippen molar-refractivity contribution < 1.29 is 18.9 Å². The van der Waals surface area contributed by atoms with Gasteiger partial charge in [-0.25, -0.2) is 11.6 Å². The molecule has 0 bridgehead atoms. The van der Waals surface area contributed by atoms with Crippen LogP contribution in [0.25, 0.3) is 0 Å². The number of rotatable bonds is 0. The van der Waals surface area contributed by atoms with E-state index in [0.717, 1.165) is 0 Å². The summed E-state index contributed by atoms with van der Waals surface area (Å²) in [6.45, 7) is 0. The largest absolute Gasteiger partial charge is 1.00 e. The molecular formula is C5HCl3LiN. The smallest absolute Gasteiger partial charge is 0.283 e. The maximum absolute atomic E-state index is 5.50. The third-order valence-corrected chi connectivity index (χ3v) is 1.59. The second-order valence-corrected chi connectivity index (χ2v) is 2.48. The topological polar surface area (TPSA) is 12.9 Å². The maximum atomic E-state index is 5.50. The van der Waals surface area contributed by atoms with Gasteiger partial charge < -0.3 is 0 Å². The summed E-state index contributed by atoms with van der Waals surface area (Å²) in [5.41, 5.74) is 0. The Morgan fingerprint density at radius 2 is 1.90 bits per heavy atom. The van der Waals surface area contributed by atoms with Crippen LogP contribution in [0.1, 0.15) is 0 Å². The van der Waals surface area contributed by atoms with Crippen molar-refractivity contribution in [2.45, 2.75) is 0 Å². The Morgan fingerprint density at radius 3 is 2.30 bits per heavy atom. The van der Waals surface area contributed by atoms with Gasteiger partial charge in [0.05, 0.1) is 0 Å². The second-order valence-electron chi connectivity index (χ2n) is 1.34. The van der Waals surface area contributed by atoms with E-state index in [1.165, 1.54) is 6.20 Å². The van der Waals surface area contributed by atoms with Gasteiger partial charge in [-0.2, -0.15) is 6.07 Å². The van der Waals surface area contributed by atoms with Crippen molar-refractivity contribution in [2.75, 3.05) is 0 Å². The minimum Gasteiger partial charge on any atom is -0.283 e. The van der Waals surface area contributed by atoms with Gasteiger partial charge in [0, 0.05) is 5.15 Å². The van der Waals surface area contributed by atoms with E-state index in [0.29, 0.717) is 10.0 Å². The fourth-order valence-electron chi connectivity index (χ4n) is 0.353. The molecule has 5 heteroatoms. The van der Waals surface area contributed by atoms with Gasteiger partial charge in [-0.1, -0.05) is 16.6 Å². The zero-order valence-electron chi connectivity index (χ0n) is 5.16. The molecule has 1 nitrogen and oxygen atoms in total. The molecule has 48 valence electrons. The average Bonchev–Trinajstić information content (AvgIpc) is 1.80. The summed E-state index contributed by atoms with van der Waals surface area (Å²) < 4.78 is 0. The molecule has 10 heavy (non-hydrogen) atoms. The van der Waals surface area contributed by atoms with Crippen LogP contribution in [-0.4, -0.2) is 4.98 Å². The van der Waals surface area contributed by atoms with Crippen molar-refractivity contribution in [1.29, 1.82) is 0 Å². The van der Waals surface area contributed by atoms with Crippen LogP contribution in [0.4, 0.5) is 0 Å². The Labute approximate surface area is 85.9 Å². The predicted octanol–water partition coefficient (Wildman–Crippen LogP) is -0.154. The summed E-state index contributed by atoms with van der Waals surface area (Å²) in [5.74, 6) is 0. The van der Waals surface area contributed by atoms with Crippen molar-refractivity contribution in [1.82, 2.24) is 4.98 Å². The molecule has 0 aliphatic heterocycles. The molecule has 1 heterocycles. The predicted molar refractivity (Wildman–Crippen MR) is 38.1 cm³/mol. The first-order valence-corrected chi connectivity index (χ1v) is 3.22. The van der Waals surface area contributed by atoms with E-state index in [-0.39, 0.29) is 24.0 Å². The summed E-state index contributed by atoms with van der Waals surface area (Å²) >= 11 is 16.4. The van der Waals surface area contributed by atoms with E-state index < -0.39 is 0 Å². The number of nitrogens with zero attached hydrogens (tertiary/aromatic N) is 1. The van der Waals surface area contributed by atoms with Crippen molar-refractivity contribution in [3.63, 3.8) is 0 Å². The van der Waals surface area contributed by atoms with Crippen LogP contribution >= 0.6 is 34.8 Å². The molecule has 0 aliphatic carbocycles. The van der Waals surface area contributed by atoms with E-state index in [4.69, 9.17) is 34.8 Å². The molecule has 0 spiro atoms. The number of pyridine rings is 1. The van der Waals surface area contributed by atoms with E-state index in [9.17, 15) is 0 Å². The SMILES string of the molecule is Clc1[c-]c(Cl)c(Cl)cn1.[Li+]. The Balaban J connectivity index is 0.000000810. The molecule has 0 fully saturated rings. The van der Waals surface area contributed by atoms with Gasteiger partial charge in [0.2, 0.25) is 0 Å². The normalized spacial score (nSPS) is 8.70. The van der Waals surface area contributed by atoms with Crippen LogP contribution in [-0.2, 0) is 0 Å². The van der Waals surface area contributed by atoms with Gasteiger partial charge in [-0.3, -0.25) is 4.98 Å². The average molecular weight is 188 g/mol. The molecule has 0 saturated carbocycles. The molecular weight excluding hydrogens is 187 g/mol. The molecule has 0 radical (unpaired) electrons. The number of hydrogen-bond donors (Lipinski definition) is 0. The molecule has 0 amide bonds. The van der Waals surface area contributed by atoms with Gasteiger partial charge in [0.15, 0.2) is 0 Å². The van der Waals surface area contributed by atoms with Crippen LogP contribution in [0.2, 0.25) is 15.2 Å². The Bertz CT molecular complexity index is 228. The first kappa shape index (κ1) is 10.6. The zero-order valence-corrected chi connectivity index (χ0v) is 7.43. The molecule has 0 aromatic carbocycles. The fraction of sp³-hybridized carbons (Fsp3) is 0. The number of aromatic nitrogens is 1. The van der Waals surface area contributed by atoms with Crippen molar-refractivity contribution >= 4 is 34.8 Å². The molecule has 0 aliphatic rings. The van der Waals surface area contributed by atoms with Gasteiger partial charge >= 0.3 is 18.9 Å². The maximum Gasteiger partial charge on any atom is 1.00 e. The van der Waals surface area contributed by atoms with E-state index >= 15 is 0 Å². The van der Waals surface area contributed by atoms with Gasteiger partial charge in [0.25, 0.3) is 0 Å². The Morgan fingerprint density at radius 1 is 1.30 bits per heavy atom. The van der Waals surface area contributed by atoms with Crippen molar-refractivity contribution in [2.24, 2.45) is 0 Å². The Hall–Kier alpha value is 0.617. The van der Waals surface area contributed by atoms with Crippen LogP contribution < -0.4 is 18.9 Å². The molecule has 1 aromatic heterocycles. The van der Waals surface area contributed by atoms with Crippen LogP contribution in [0.5, 0.6) is 0 Å². The van der Waals surface area contributed by atoms with Crippen molar-refractivity contribution in [3.8, 4) is 0 Å². The van der Waals surface area contributed by atoms with E-state index in [1.54, 1.807) is 0 Å². The molecule has 0 N–H and O–H groups in total. The monoisotopic (exact) mass is 187 g/mol. The van der Waals surface area contributed by atoms with Crippen LogP contribution in [0.15, 0.2) is 6.20 Å². The quantitative estimate of drug-likeness (QED) is 0.313. The third kappa shape index (κ3) is 2.70. The summed E-state index contributed by atoms with van der Waals surface area (Å²) in [4.78, 5) is 3.63. The molecule has 1 aromatic rings. The van der Waals surface area contributed by atoms with Crippen LogP contribution in [0, 0.1) is 6.07 Å². The summed E-state index contributed by atoms with van der Waals surface area (Å²) in [6, 6.07) is 2.53. The summed E-state index contributed by atoms with van der Waals surface area (Å²) in [7, 11) is 0. The molecule has 0 unspecified atom stereocenters. The summed E-state index contributed by atoms with van der Waals surface area (Å²) in [5, 5.41) is 0.891. The number of halogens is 3. The van der Waals surface area contributed by atoms with Gasteiger partial charge in [-0.05, 0) is 6.20 Å².